The van der Waals surface area contributed by atoms with Gasteiger partial charge in [-0.3, -0.25) is 4.79 Å². The molecule has 1 aliphatic heterocycles. The highest BCUT2D eigenvalue weighted by molar-refractivity contribution is 5.87. The Kier molecular flexibility index (Phi) is 6.46. The molecule has 1 saturated heterocycles. The monoisotopic (exact) mass is 357 g/mol. The molecular weight excluding hydrogens is 326 g/mol. The van der Waals surface area contributed by atoms with Gasteiger partial charge in [0.2, 0.25) is 5.91 Å². The summed E-state index contributed by atoms with van der Waals surface area (Å²) in [5.41, 5.74) is 2.45. The van der Waals surface area contributed by atoms with Crippen LogP contribution in [-0.4, -0.2) is 36.0 Å². The van der Waals surface area contributed by atoms with Crippen molar-refractivity contribution >= 4 is 17.5 Å². The minimum atomic E-state index is -0.566. The molecule has 5 nitrogen and oxygen atoms in total. The van der Waals surface area contributed by atoms with Crippen LogP contribution >= 0.6 is 0 Å². The fraction of sp³-hybridized carbons (Fsp3) is 0.524. The zero-order valence-corrected chi connectivity index (χ0v) is 16.4. The molecule has 5 heteroatoms. The molecule has 26 heavy (non-hydrogen) atoms. The molecule has 0 spiro atoms. The van der Waals surface area contributed by atoms with Gasteiger partial charge in [-0.05, 0) is 64.2 Å². The number of likely N-dealkylation sites (tertiary alicyclic amines) is 1. The molecule has 0 aromatic heterocycles. The number of piperidine rings is 1. The maximum Gasteiger partial charge on any atom is 0.316 e. The van der Waals surface area contributed by atoms with E-state index in [1.807, 2.05) is 49.9 Å². The first-order chi connectivity index (χ1) is 12.2. The van der Waals surface area contributed by atoms with E-state index in [4.69, 9.17) is 0 Å². The highest BCUT2D eigenvalue weighted by atomic mass is 16.2. The molecule has 0 bridgehead atoms. The third kappa shape index (κ3) is 5.10. The maximum atomic E-state index is 12.5. The molecule has 0 aliphatic carbocycles. The van der Waals surface area contributed by atoms with E-state index in [0.717, 1.165) is 42.6 Å². The topological polar surface area (TPSA) is 61.4 Å². The van der Waals surface area contributed by atoms with E-state index >= 15 is 0 Å². The molecule has 1 atom stereocenters. The lowest BCUT2D eigenvalue weighted by molar-refractivity contribution is -0.133. The van der Waals surface area contributed by atoms with Crippen molar-refractivity contribution in [2.24, 2.45) is 0 Å². The Labute approximate surface area is 156 Å². The third-order valence-corrected chi connectivity index (χ3v) is 4.89. The van der Waals surface area contributed by atoms with Gasteiger partial charge in [0.1, 0.15) is 6.04 Å². The molecule has 1 fully saturated rings. The number of rotatable bonds is 5. The molecule has 2 rings (SSSR count). The minimum Gasteiger partial charge on any atom is -0.341 e. The summed E-state index contributed by atoms with van der Waals surface area (Å²) >= 11 is 0. The van der Waals surface area contributed by atoms with Gasteiger partial charge in [-0.25, -0.2) is 4.79 Å². The number of carbonyl (C=O) groups is 2. The van der Waals surface area contributed by atoms with Gasteiger partial charge in [0.05, 0.1) is 5.54 Å². The van der Waals surface area contributed by atoms with Crippen molar-refractivity contribution in [3.8, 4) is 0 Å². The van der Waals surface area contributed by atoms with Crippen molar-refractivity contribution in [2.45, 2.75) is 58.5 Å². The van der Waals surface area contributed by atoms with E-state index in [9.17, 15) is 9.59 Å². The second-order valence-electron chi connectivity index (χ2n) is 7.69. The Hall–Kier alpha value is -2.30. The lowest BCUT2D eigenvalue weighted by Crippen LogP contribution is -2.54. The van der Waals surface area contributed by atoms with Crippen molar-refractivity contribution < 1.29 is 9.59 Å². The molecule has 0 unspecified atom stereocenters. The summed E-state index contributed by atoms with van der Waals surface area (Å²) in [5, 5.41) is 5.76. The minimum absolute atomic E-state index is 0.0121. The van der Waals surface area contributed by atoms with Gasteiger partial charge in [-0.1, -0.05) is 30.4 Å². The predicted octanol–water partition coefficient (Wildman–Crippen LogP) is 3.66. The van der Waals surface area contributed by atoms with Gasteiger partial charge in [0.25, 0.3) is 0 Å². The van der Waals surface area contributed by atoms with Crippen molar-refractivity contribution in [3.05, 3.63) is 42.0 Å². The summed E-state index contributed by atoms with van der Waals surface area (Å²) in [6.07, 6.45) is 3.25. The summed E-state index contributed by atoms with van der Waals surface area (Å²) in [6.45, 7) is 13.1. The van der Waals surface area contributed by atoms with E-state index in [2.05, 4.69) is 17.2 Å². The quantitative estimate of drug-likeness (QED) is 0.845. The lowest BCUT2D eigenvalue weighted by atomic mass is 9.92. The molecule has 3 amide bonds. The fourth-order valence-electron chi connectivity index (χ4n) is 3.21. The van der Waals surface area contributed by atoms with Crippen LogP contribution in [0, 0.1) is 0 Å². The highest BCUT2D eigenvalue weighted by Gasteiger charge is 2.27. The second kappa shape index (κ2) is 8.39. The number of nitrogens with one attached hydrogen (secondary N) is 2. The first-order valence-electron chi connectivity index (χ1n) is 9.34. The molecule has 1 aromatic rings. The Bertz CT molecular complexity index is 676. The maximum absolute atomic E-state index is 12.5. The highest BCUT2D eigenvalue weighted by Crippen LogP contribution is 2.23. The van der Waals surface area contributed by atoms with Crippen LogP contribution in [0.25, 0.3) is 5.57 Å². The first-order valence-corrected chi connectivity index (χ1v) is 9.34. The van der Waals surface area contributed by atoms with Gasteiger partial charge in [-0.15, -0.1) is 0 Å². The molecular formula is C21H31N3O2. The first kappa shape index (κ1) is 20.0. The zero-order chi connectivity index (χ0) is 19.3. The SMILES string of the molecule is C=C(C)c1cccc(C(C)(C)NC(=O)N[C@@H](C)C(=O)N2CCCCC2)c1. The Balaban J connectivity index is 1.98. The van der Waals surface area contributed by atoms with Crippen LogP contribution in [0.1, 0.15) is 58.1 Å². The summed E-state index contributed by atoms with van der Waals surface area (Å²) in [4.78, 5) is 26.7. The molecule has 0 saturated carbocycles. The Morgan fingerprint density at radius 1 is 1.19 bits per heavy atom. The molecule has 1 aromatic carbocycles. The van der Waals surface area contributed by atoms with Crippen molar-refractivity contribution in [2.75, 3.05) is 13.1 Å². The molecule has 1 aliphatic rings. The van der Waals surface area contributed by atoms with E-state index in [1.54, 1.807) is 6.92 Å². The fourth-order valence-corrected chi connectivity index (χ4v) is 3.21. The van der Waals surface area contributed by atoms with Crippen molar-refractivity contribution in [1.82, 2.24) is 15.5 Å². The van der Waals surface area contributed by atoms with E-state index in [-0.39, 0.29) is 11.9 Å². The number of amides is 3. The predicted molar refractivity (Wildman–Crippen MR) is 106 cm³/mol. The summed E-state index contributed by atoms with van der Waals surface area (Å²) in [5.74, 6) is -0.0121. The number of benzene rings is 1. The zero-order valence-electron chi connectivity index (χ0n) is 16.4. The van der Waals surface area contributed by atoms with Crippen molar-refractivity contribution in [3.63, 3.8) is 0 Å². The van der Waals surface area contributed by atoms with Crippen LogP contribution < -0.4 is 10.6 Å². The van der Waals surface area contributed by atoms with E-state index < -0.39 is 11.6 Å². The molecule has 142 valence electrons. The van der Waals surface area contributed by atoms with E-state index in [1.165, 1.54) is 6.42 Å². The molecule has 1 heterocycles. The number of allylic oxidation sites excluding steroid dienone is 1. The van der Waals surface area contributed by atoms with Gasteiger partial charge in [0, 0.05) is 13.1 Å². The Morgan fingerprint density at radius 2 is 1.85 bits per heavy atom. The largest absolute Gasteiger partial charge is 0.341 e. The normalized spacial score (nSPS) is 15.9. The summed E-state index contributed by atoms with van der Waals surface area (Å²) in [7, 11) is 0. The molecule has 2 N–H and O–H groups in total. The van der Waals surface area contributed by atoms with Crippen LogP contribution in [0.5, 0.6) is 0 Å². The van der Waals surface area contributed by atoms with Crippen molar-refractivity contribution in [1.29, 1.82) is 0 Å². The Morgan fingerprint density at radius 3 is 2.46 bits per heavy atom. The summed E-state index contributed by atoms with van der Waals surface area (Å²) in [6, 6.07) is 7.10. The summed E-state index contributed by atoms with van der Waals surface area (Å²) < 4.78 is 0. The standard InChI is InChI=1S/C21H31N3O2/c1-15(2)17-10-9-11-18(14-17)21(4,5)23-20(26)22-16(3)19(25)24-12-7-6-8-13-24/h9-11,14,16H,1,6-8,12-13H2,2-5H3,(H2,22,23,26)/t16-/m0/s1. The van der Waals surface area contributed by atoms with Crippen LogP contribution in [0.4, 0.5) is 4.79 Å². The second-order valence-corrected chi connectivity index (χ2v) is 7.69. The van der Waals surface area contributed by atoms with Crippen LogP contribution in [0.2, 0.25) is 0 Å². The van der Waals surface area contributed by atoms with Gasteiger partial charge in [-0.2, -0.15) is 0 Å². The third-order valence-electron chi connectivity index (χ3n) is 4.89. The number of hydrogen-bond acceptors (Lipinski definition) is 2. The van der Waals surface area contributed by atoms with Crippen LogP contribution in [-0.2, 0) is 10.3 Å². The average molecular weight is 357 g/mol. The van der Waals surface area contributed by atoms with Gasteiger partial charge in [0.15, 0.2) is 0 Å². The number of nitrogens with zero attached hydrogens (tertiary/aromatic N) is 1. The van der Waals surface area contributed by atoms with Gasteiger partial charge < -0.3 is 15.5 Å². The lowest BCUT2D eigenvalue weighted by Gasteiger charge is -2.31. The van der Waals surface area contributed by atoms with Crippen LogP contribution in [0.15, 0.2) is 30.8 Å². The number of urea groups is 1. The molecule has 0 radical (unpaired) electrons. The average Bonchev–Trinajstić information content (AvgIpc) is 2.61. The van der Waals surface area contributed by atoms with Gasteiger partial charge >= 0.3 is 6.03 Å². The van der Waals surface area contributed by atoms with E-state index in [0.29, 0.717) is 0 Å². The number of hydrogen-bond donors (Lipinski definition) is 2. The van der Waals surface area contributed by atoms with Crippen LogP contribution in [0.3, 0.4) is 0 Å². The smallest absolute Gasteiger partial charge is 0.316 e. The number of carbonyl (C=O) groups excluding carboxylic acids is 2.